The molecule has 7 heteroatoms. The third-order valence-corrected chi connectivity index (χ3v) is 4.98. The van der Waals surface area contributed by atoms with Crippen molar-refractivity contribution in [2.24, 2.45) is 7.05 Å². The molecule has 0 aliphatic heterocycles. The van der Waals surface area contributed by atoms with E-state index in [0.29, 0.717) is 23.1 Å². The lowest BCUT2D eigenvalue weighted by Crippen LogP contribution is -2.40. The van der Waals surface area contributed by atoms with Crippen molar-refractivity contribution in [1.29, 1.82) is 0 Å². The maximum atomic E-state index is 14.3. The number of para-hydroxylation sites is 1. The van der Waals surface area contributed by atoms with Crippen molar-refractivity contribution >= 4 is 16.8 Å². The Balaban J connectivity index is 2.12. The molecule has 1 atom stereocenters. The lowest BCUT2D eigenvalue weighted by atomic mass is 10.1. The number of aromatic nitrogens is 2. The van der Waals surface area contributed by atoms with Crippen molar-refractivity contribution in [3.8, 4) is 0 Å². The predicted octanol–water partition coefficient (Wildman–Crippen LogP) is 3.31. The van der Waals surface area contributed by atoms with Crippen molar-refractivity contribution in [2.75, 3.05) is 20.3 Å². The summed E-state index contributed by atoms with van der Waals surface area (Å²) < 4.78 is 20.9. The zero-order chi connectivity index (χ0) is 21.0. The standard InChI is InChI=1S/C22H24FN3O3/c1-4-19(20-24-18-12-8-6-10-16(18)21(27)25(20)2)26(13-14-29-3)22(28)15-9-5-7-11-17(15)23/h5-12,19H,4,13-14H2,1-3H3. The normalized spacial score (nSPS) is 12.1. The van der Waals surface area contributed by atoms with Crippen LogP contribution in [0.3, 0.4) is 0 Å². The molecule has 0 radical (unpaired) electrons. The Morgan fingerprint density at radius 3 is 2.59 bits per heavy atom. The summed E-state index contributed by atoms with van der Waals surface area (Å²) in [6, 6.07) is 12.5. The van der Waals surface area contributed by atoms with Crippen molar-refractivity contribution in [3.05, 3.63) is 76.1 Å². The molecule has 2 aromatic carbocycles. The van der Waals surface area contributed by atoms with Crippen LogP contribution in [0.5, 0.6) is 0 Å². The SMILES string of the molecule is CCC(c1nc2ccccc2c(=O)n1C)N(CCOC)C(=O)c1ccccc1F. The first-order valence-corrected chi connectivity index (χ1v) is 9.49. The van der Waals surface area contributed by atoms with E-state index in [1.807, 2.05) is 13.0 Å². The van der Waals surface area contributed by atoms with Crippen molar-refractivity contribution in [2.45, 2.75) is 19.4 Å². The van der Waals surface area contributed by atoms with Crippen LogP contribution in [-0.2, 0) is 11.8 Å². The van der Waals surface area contributed by atoms with Crippen LogP contribution in [0.25, 0.3) is 10.9 Å². The number of fused-ring (bicyclic) bond motifs is 1. The van der Waals surface area contributed by atoms with E-state index in [1.54, 1.807) is 31.3 Å². The van der Waals surface area contributed by atoms with Gasteiger partial charge in [0.25, 0.3) is 11.5 Å². The van der Waals surface area contributed by atoms with Gasteiger partial charge in [-0.2, -0.15) is 0 Å². The van der Waals surface area contributed by atoms with E-state index in [2.05, 4.69) is 4.98 Å². The minimum absolute atomic E-state index is 0.0205. The topological polar surface area (TPSA) is 64.4 Å². The van der Waals surface area contributed by atoms with Crippen LogP contribution >= 0.6 is 0 Å². The third-order valence-electron chi connectivity index (χ3n) is 4.98. The smallest absolute Gasteiger partial charge is 0.261 e. The van der Waals surface area contributed by atoms with E-state index in [0.717, 1.165) is 0 Å². The van der Waals surface area contributed by atoms with Gasteiger partial charge < -0.3 is 9.64 Å². The number of hydrogen-bond acceptors (Lipinski definition) is 4. The monoisotopic (exact) mass is 397 g/mol. The Labute approximate surface area is 168 Å². The molecule has 152 valence electrons. The Bertz CT molecular complexity index is 1080. The van der Waals surface area contributed by atoms with Crippen LogP contribution in [0.15, 0.2) is 53.3 Å². The molecule has 1 aromatic heterocycles. The molecule has 29 heavy (non-hydrogen) atoms. The molecule has 0 bridgehead atoms. The van der Waals surface area contributed by atoms with Gasteiger partial charge in [-0.25, -0.2) is 9.37 Å². The molecule has 1 amide bonds. The number of benzene rings is 2. The number of rotatable bonds is 7. The van der Waals surface area contributed by atoms with E-state index in [4.69, 9.17) is 4.74 Å². The van der Waals surface area contributed by atoms with Crippen molar-refractivity contribution in [3.63, 3.8) is 0 Å². The minimum atomic E-state index is -0.588. The second-order valence-corrected chi connectivity index (χ2v) is 6.75. The Morgan fingerprint density at radius 1 is 1.21 bits per heavy atom. The summed E-state index contributed by atoms with van der Waals surface area (Å²) in [5.41, 5.74) is 0.357. The number of nitrogens with zero attached hydrogens (tertiary/aromatic N) is 3. The van der Waals surface area contributed by atoms with Gasteiger partial charge in [0.05, 0.1) is 29.1 Å². The van der Waals surface area contributed by atoms with Crippen LogP contribution in [0.1, 0.15) is 35.6 Å². The fourth-order valence-corrected chi connectivity index (χ4v) is 3.45. The number of hydrogen-bond donors (Lipinski definition) is 0. The van der Waals surface area contributed by atoms with Crippen LogP contribution in [-0.4, -0.2) is 40.6 Å². The van der Waals surface area contributed by atoms with Gasteiger partial charge in [0, 0.05) is 20.7 Å². The molecule has 6 nitrogen and oxygen atoms in total. The molecule has 0 fully saturated rings. The summed E-state index contributed by atoms with van der Waals surface area (Å²) in [5.74, 6) is -0.596. The first kappa shape index (κ1) is 20.7. The molecule has 0 saturated heterocycles. The molecule has 0 N–H and O–H groups in total. The fraction of sp³-hybridized carbons (Fsp3) is 0.318. The van der Waals surface area contributed by atoms with Gasteiger partial charge in [-0.15, -0.1) is 0 Å². The lowest BCUT2D eigenvalue weighted by Gasteiger charge is -2.31. The lowest BCUT2D eigenvalue weighted by molar-refractivity contribution is 0.0573. The van der Waals surface area contributed by atoms with E-state index in [1.165, 1.54) is 34.8 Å². The summed E-state index contributed by atoms with van der Waals surface area (Å²) in [5, 5.41) is 0.512. The predicted molar refractivity (Wildman–Crippen MR) is 109 cm³/mol. The zero-order valence-electron chi connectivity index (χ0n) is 16.8. The number of ether oxygens (including phenoxy) is 1. The Kier molecular flexibility index (Phi) is 6.39. The van der Waals surface area contributed by atoms with Gasteiger partial charge in [-0.1, -0.05) is 31.2 Å². The minimum Gasteiger partial charge on any atom is -0.383 e. The van der Waals surface area contributed by atoms with Crippen molar-refractivity contribution in [1.82, 2.24) is 14.5 Å². The molecule has 0 spiro atoms. The number of methoxy groups -OCH3 is 1. The van der Waals surface area contributed by atoms with Gasteiger partial charge in [0.15, 0.2) is 0 Å². The number of amides is 1. The van der Waals surface area contributed by atoms with E-state index >= 15 is 0 Å². The summed E-state index contributed by atoms with van der Waals surface area (Å²) in [6.07, 6.45) is 0.503. The van der Waals surface area contributed by atoms with Gasteiger partial charge in [0.2, 0.25) is 0 Å². The van der Waals surface area contributed by atoms with Crippen LogP contribution in [0, 0.1) is 5.82 Å². The highest BCUT2D eigenvalue weighted by Gasteiger charge is 2.29. The summed E-state index contributed by atoms with van der Waals surface area (Å²) in [7, 11) is 3.18. The third kappa shape index (κ3) is 4.05. The first-order chi connectivity index (χ1) is 14.0. The van der Waals surface area contributed by atoms with Crippen LogP contribution in [0.4, 0.5) is 4.39 Å². The van der Waals surface area contributed by atoms with Gasteiger partial charge in [-0.3, -0.25) is 14.2 Å². The molecule has 0 saturated carbocycles. The molecule has 1 unspecified atom stereocenters. The quantitative estimate of drug-likeness (QED) is 0.614. The highest BCUT2D eigenvalue weighted by atomic mass is 19.1. The maximum absolute atomic E-state index is 14.3. The summed E-state index contributed by atoms with van der Waals surface area (Å²) in [4.78, 5) is 32.3. The average Bonchev–Trinajstić information content (AvgIpc) is 2.74. The maximum Gasteiger partial charge on any atom is 0.261 e. The molecular formula is C22H24FN3O3. The van der Waals surface area contributed by atoms with Crippen molar-refractivity contribution < 1.29 is 13.9 Å². The zero-order valence-corrected chi connectivity index (χ0v) is 16.8. The fourth-order valence-electron chi connectivity index (χ4n) is 3.45. The van der Waals surface area contributed by atoms with Gasteiger partial charge >= 0.3 is 0 Å². The van der Waals surface area contributed by atoms with Gasteiger partial charge in [0.1, 0.15) is 11.6 Å². The van der Waals surface area contributed by atoms with Gasteiger partial charge in [-0.05, 0) is 30.7 Å². The summed E-state index contributed by atoms with van der Waals surface area (Å²) in [6.45, 7) is 2.42. The van der Waals surface area contributed by atoms with Crippen LogP contribution < -0.4 is 5.56 Å². The number of carbonyl (C=O) groups excluding carboxylic acids is 1. The molecule has 0 aliphatic carbocycles. The summed E-state index contributed by atoms with van der Waals surface area (Å²) >= 11 is 0. The highest BCUT2D eigenvalue weighted by molar-refractivity contribution is 5.94. The molecule has 0 aliphatic rings. The van der Waals surface area contributed by atoms with E-state index in [9.17, 15) is 14.0 Å². The Hall–Kier alpha value is -3.06. The molecule has 3 aromatic rings. The van der Waals surface area contributed by atoms with Crippen LogP contribution in [0.2, 0.25) is 0 Å². The molecular weight excluding hydrogens is 373 g/mol. The van der Waals surface area contributed by atoms with E-state index in [-0.39, 0.29) is 24.3 Å². The highest BCUT2D eigenvalue weighted by Crippen LogP contribution is 2.25. The largest absolute Gasteiger partial charge is 0.383 e. The molecule has 3 rings (SSSR count). The number of carbonyl (C=O) groups is 1. The molecule has 1 heterocycles. The van der Waals surface area contributed by atoms with E-state index < -0.39 is 17.8 Å². The second kappa shape index (κ2) is 8.96. The average molecular weight is 397 g/mol. The second-order valence-electron chi connectivity index (χ2n) is 6.75. The first-order valence-electron chi connectivity index (χ1n) is 9.49. The number of halogens is 1. The Morgan fingerprint density at radius 2 is 1.90 bits per heavy atom.